The summed E-state index contributed by atoms with van der Waals surface area (Å²) in [5.41, 5.74) is 6.87. The number of hydrogen-bond donors (Lipinski definition) is 4. The lowest BCUT2D eigenvalue weighted by Crippen LogP contribution is -2.18. The van der Waals surface area contributed by atoms with Gasteiger partial charge in [0.1, 0.15) is 5.75 Å². The van der Waals surface area contributed by atoms with Crippen LogP contribution in [0.5, 0.6) is 5.75 Å². The summed E-state index contributed by atoms with van der Waals surface area (Å²) in [7, 11) is -0.425. The maximum atomic E-state index is 12.7. The molecule has 0 saturated carbocycles. The van der Waals surface area contributed by atoms with E-state index in [1.165, 1.54) is 48.5 Å². The van der Waals surface area contributed by atoms with E-state index in [0.717, 1.165) is 13.0 Å². The standard InChI is InChI=1S/C22H25F3N6O4S/c1-31(2)12-4-11-26-21-27-19(15-5-3-6-17(13-15)35-22(23,24)25)14-20(28-21)30-29-16-7-9-18(10-8-16)36(32,33)34/h3,5-10,13-14,29H,4,11-12H2,1-2H3,(H,32,33,34)(H2,26,27,28,30). The van der Waals surface area contributed by atoms with Crippen molar-refractivity contribution in [1.82, 2.24) is 14.9 Å². The maximum absolute atomic E-state index is 12.7. The first-order chi connectivity index (χ1) is 16.9. The summed E-state index contributed by atoms with van der Waals surface area (Å²) < 4.78 is 73.5. The van der Waals surface area contributed by atoms with Gasteiger partial charge in [0.25, 0.3) is 10.1 Å². The summed E-state index contributed by atoms with van der Waals surface area (Å²) in [4.78, 5) is 10.6. The first-order valence-electron chi connectivity index (χ1n) is 10.6. The van der Waals surface area contributed by atoms with E-state index in [1.807, 2.05) is 19.0 Å². The van der Waals surface area contributed by atoms with Crippen LogP contribution in [-0.2, 0) is 10.1 Å². The number of rotatable bonds is 11. The number of halogens is 3. The number of ether oxygens (including phenoxy) is 1. The van der Waals surface area contributed by atoms with E-state index < -0.39 is 16.5 Å². The smallest absolute Gasteiger partial charge is 0.406 e. The predicted octanol–water partition coefficient (Wildman–Crippen LogP) is 4.09. The number of aromatic nitrogens is 2. The van der Waals surface area contributed by atoms with E-state index in [9.17, 15) is 21.6 Å². The van der Waals surface area contributed by atoms with E-state index in [4.69, 9.17) is 4.55 Å². The fraction of sp³-hybridized carbons (Fsp3) is 0.273. The highest BCUT2D eigenvalue weighted by Crippen LogP contribution is 2.28. The molecule has 3 aromatic rings. The molecule has 3 rings (SSSR count). The van der Waals surface area contributed by atoms with Gasteiger partial charge in [-0.15, -0.1) is 13.2 Å². The second-order valence-electron chi connectivity index (χ2n) is 7.87. The molecule has 1 aromatic heterocycles. The van der Waals surface area contributed by atoms with Crippen LogP contribution in [0.15, 0.2) is 59.5 Å². The molecular weight excluding hydrogens is 501 g/mol. The van der Waals surface area contributed by atoms with Gasteiger partial charge in [-0.05, 0) is 63.5 Å². The van der Waals surface area contributed by atoms with Crippen LogP contribution in [-0.4, -0.2) is 61.4 Å². The Hall–Kier alpha value is -3.62. The molecule has 0 saturated heterocycles. The SMILES string of the molecule is CN(C)CCCNc1nc(NNc2ccc(S(=O)(=O)O)cc2)cc(-c2cccc(OC(F)(F)F)c2)n1. The number of hydrogen-bond acceptors (Lipinski definition) is 9. The fourth-order valence-corrected chi connectivity index (χ4v) is 3.51. The van der Waals surface area contributed by atoms with Gasteiger partial charge >= 0.3 is 6.36 Å². The third-order valence-corrected chi connectivity index (χ3v) is 5.51. The Morgan fingerprint density at radius 2 is 1.75 bits per heavy atom. The van der Waals surface area contributed by atoms with Gasteiger partial charge in [-0.3, -0.25) is 15.4 Å². The molecular formula is C22H25F3N6O4S. The van der Waals surface area contributed by atoms with Gasteiger partial charge in [-0.1, -0.05) is 12.1 Å². The number of nitrogens with zero attached hydrogens (tertiary/aromatic N) is 3. The summed E-state index contributed by atoms with van der Waals surface area (Å²) in [6.07, 6.45) is -4.03. The molecule has 194 valence electrons. The largest absolute Gasteiger partial charge is 0.573 e. The first-order valence-corrected chi connectivity index (χ1v) is 12.1. The monoisotopic (exact) mass is 526 g/mol. The molecule has 0 aliphatic carbocycles. The normalized spacial score (nSPS) is 11.9. The van der Waals surface area contributed by atoms with Gasteiger partial charge in [0.2, 0.25) is 5.95 Å². The zero-order chi connectivity index (χ0) is 26.3. The second kappa shape index (κ2) is 11.4. The summed E-state index contributed by atoms with van der Waals surface area (Å²) in [6, 6.07) is 12.2. The summed E-state index contributed by atoms with van der Waals surface area (Å²) in [5, 5.41) is 3.10. The molecule has 0 aliphatic heterocycles. The van der Waals surface area contributed by atoms with Crippen molar-refractivity contribution in [1.29, 1.82) is 0 Å². The molecule has 0 aliphatic rings. The predicted molar refractivity (Wildman–Crippen MR) is 129 cm³/mol. The minimum absolute atomic E-state index is 0.249. The molecule has 0 bridgehead atoms. The van der Waals surface area contributed by atoms with Crippen molar-refractivity contribution in [3.8, 4) is 17.0 Å². The van der Waals surface area contributed by atoms with Crippen LogP contribution < -0.4 is 20.9 Å². The van der Waals surface area contributed by atoms with Gasteiger partial charge in [0, 0.05) is 18.2 Å². The average molecular weight is 527 g/mol. The van der Waals surface area contributed by atoms with Gasteiger partial charge in [-0.2, -0.15) is 13.4 Å². The molecule has 14 heteroatoms. The third-order valence-electron chi connectivity index (χ3n) is 4.64. The number of nitrogens with one attached hydrogen (secondary N) is 3. The Bertz CT molecular complexity index is 1270. The quantitative estimate of drug-likeness (QED) is 0.165. The van der Waals surface area contributed by atoms with E-state index >= 15 is 0 Å². The van der Waals surface area contributed by atoms with Crippen molar-refractivity contribution < 1.29 is 30.9 Å². The molecule has 0 fully saturated rings. The van der Waals surface area contributed by atoms with Crippen LogP contribution in [0.2, 0.25) is 0 Å². The average Bonchev–Trinajstić information content (AvgIpc) is 2.79. The Kier molecular flexibility index (Phi) is 8.55. The maximum Gasteiger partial charge on any atom is 0.573 e. The van der Waals surface area contributed by atoms with E-state index in [0.29, 0.717) is 23.5 Å². The Balaban J connectivity index is 1.83. The van der Waals surface area contributed by atoms with Crippen molar-refractivity contribution in [3.05, 3.63) is 54.6 Å². The number of hydrazine groups is 1. The van der Waals surface area contributed by atoms with Crippen molar-refractivity contribution in [2.45, 2.75) is 17.7 Å². The summed E-state index contributed by atoms with van der Waals surface area (Å²) in [6.45, 7) is 1.39. The summed E-state index contributed by atoms with van der Waals surface area (Å²) >= 11 is 0. The molecule has 0 radical (unpaired) electrons. The van der Waals surface area contributed by atoms with Crippen molar-refractivity contribution in [3.63, 3.8) is 0 Å². The lowest BCUT2D eigenvalue weighted by atomic mass is 10.1. The molecule has 4 N–H and O–H groups in total. The van der Waals surface area contributed by atoms with Gasteiger partial charge in [-0.25, -0.2) is 4.98 Å². The van der Waals surface area contributed by atoms with Crippen LogP contribution in [0.25, 0.3) is 11.3 Å². The van der Waals surface area contributed by atoms with E-state index in [2.05, 4.69) is 30.9 Å². The van der Waals surface area contributed by atoms with Crippen LogP contribution in [0, 0.1) is 0 Å². The lowest BCUT2D eigenvalue weighted by molar-refractivity contribution is -0.274. The second-order valence-corrected chi connectivity index (χ2v) is 9.29. The molecule has 36 heavy (non-hydrogen) atoms. The minimum Gasteiger partial charge on any atom is -0.406 e. The number of alkyl halides is 3. The molecule has 1 heterocycles. The highest BCUT2D eigenvalue weighted by molar-refractivity contribution is 7.85. The molecule has 10 nitrogen and oxygen atoms in total. The van der Waals surface area contributed by atoms with Gasteiger partial charge in [0.15, 0.2) is 5.82 Å². The van der Waals surface area contributed by atoms with Crippen LogP contribution in [0.1, 0.15) is 6.42 Å². The minimum atomic E-state index is -4.83. The van der Waals surface area contributed by atoms with Crippen LogP contribution in [0.3, 0.4) is 0 Å². The third kappa shape index (κ3) is 8.55. The van der Waals surface area contributed by atoms with Crippen molar-refractivity contribution >= 4 is 27.6 Å². The Morgan fingerprint density at radius 3 is 2.39 bits per heavy atom. The van der Waals surface area contributed by atoms with Gasteiger partial charge < -0.3 is 15.0 Å². The topological polar surface area (TPSA) is 129 Å². The number of benzene rings is 2. The molecule has 2 aromatic carbocycles. The van der Waals surface area contributed by atoms with E-state index in [1.54, 1.807) is 6.07 Å². The molecule has 0 spiro atoms. The highest BCUT2D eigenvalue weighted by atomic mass is 32.2. The molecule has 0 amide bonds. The van der Waals surface area contributed by atoms with Gasteiger partial charge in [0.05, 0.1) is 16.3 Å². The van der Waals surface area contributed by atoms with Crippen molar-refractivity contribution in [2.24, 2.45) is 0 Å². The molecule has 0 unspecified atom stereocenters. The van der Waals surface area contributed by atoms with E-state index in [-0.39, 0.29) is 22.4 Å². The van der Waals surface area contributed by atoms with Crippen molar-refractivity contribution in [2.75, 3.05) is 43.4 Å². The summed E-state index contributed by atoms with van der Waals surface area (Å²) in [5.74, 6) is 0.154. The van der Waals surface area contributed by atoms with Crippen LogP contribution >= 0.6 is 0 Å². The number of anilines is 3. The van der Waals surface area contributed by atoms with Crippen LogP contribution in [0.4, 0.5) is 30.6 Å². The zero-order valence-electron chi connectivity index (χ0n) is 19.4. The zero-order valence-corrected chi connectivity index (χ0v) is 20.2. The first kappa shape index (κ1) is 27.0. The Labute approximate surface area is 206 Å². The lowest BCUT2D eigenvalue weighted by Gasteiger charge is -2.14. The molecule has 0 atom stereocenters. The highest BCUT2D eigenvalue weighted by Gasteiger charge is 2.31. The fourth-order valence-electron chi connectivity index (χ4n) is 3.03. The Morgan fingerprint density at radius 1 is 1.03 bits per heavy atom.